The van der Waals surface area contributed by atoms with Crippen LogP contribution in [0.1, 0.15) is 44.1 Å². The summed E-state index contributed by atoms with van der Waals surface area (Å²) in [6.07, 6.45) is 6.14. The summed E-state index contributed by atoms with van der Waals surface area (Å²) in [6.45, 7) is 1.99. The monoisotopic (exact) mass is 435 g/mol. The lowest BCUT2D eigenvalue weighted by Gasteiger charge is -2.34. The summed E-state index contributed by atoms with van der Waals surface area (Å²) in [6, 6.07) is 3.29. The smallest absolute Gasteiger partial charge is 0.407 e. The van der Waals surface area contributed by atoms with E-state index in [0.717, 1.165) is 24.5 Å². The van der Waals surface area contributed by atoms with Crippen LogP contribution in [-0.4, -0.2) is 36.1 Å². The average Bonchev–Trinajstić information content (AvgIpc) is 3.36. The summed E-state index contributed by atoms with van der Waals surface area (Å²) < 4.78 is 42.1. The van der Waals surface area contributed by atoms with Crippen LogP contribution in [0.5, 0.6) is 0 Å². The van der Waals surface area contributed by atoms with Gasteiger partial charge in [-0.15, -0.1) is 0 Å². The molecule has 160 valence electrons. The molecule has 0 unspecified atom stereocenters. The van der Waals surface area contributed by atoms with Crippen LogP contribution >= 0.6 is 0 Å². The van der Waals surface area contributed by atoms with E-state index in [4.69, 9.17) is 9.88 Å². The number of hydrogen-bond donors (Lipinski definition) is 3. The van der Waals surface area contributed by atoms with Crippen molar-refractivity contribution in [2.75, 3.05) is 5.32 Å². The molecule has 2 aromatic rings. The number of aromatic nitrogens is 2. The highest BCUT2D eigenvalue weighted by Crippen LogP contribution is 2.39. The minimum atomic E-state index is -3.98. The van der Waals surface area contributed by atoms with E-state index in [-0.39, 0.29) is 40.2 Å². The molecule has 4 rings (SSSR count). The molecule has 9 nitrogen and oxygen atoms in total. The van der Waals surface area contributed by atoms with Crippen molar-refractivity contribution >= 4 is 27.8 Å². The summed E-state index contributed by atoms with van der Waals surface area (Å²) in [5.74, 6) is -0.421. The lowest BCUT2D eigenvalue weighted by Crippen LogP contribution is -2.40. The molecule has 0 aliphatic heterocycles. The van der Waals surface area contributed by atoms with Gasteiger partial charge in [-0.25, -0.2) is 32.7 Å². The number of nitrogens with two attached hydrogens (primary N) is 1. The maximum atomic E-state index is 14.1. The quantitative estimate of drug-likeness (QED) is 0.634. The Balaban J connectivity index is 1.30. The number of amides is 1. The molecular formula is C19H22FN5O4S. The minimum absolute atomic E-state index is 0.0302. The Kier molecular flexibility index (Phi) is 5.10. The molecule has 2 saturated carbocycles. The highest BCUT2D eigenvalue weighted by atomic mass is 32.2. The number of ether oxygens (including phenoxy) is 1. The SMILES string of the molecule is CC1(NC(=O)O[C@H]2C[C@@H](c3cnc(Nc4ccc(S(N)(=O)=O)cc4F)nc3)C2)CC1. The normalized spacial score (nSPS) is 22.0. The topological polar surface area (TPSA) is 136 Å². The molecule has 1 amide bonds. The highest BCUT2D eigenvalue weighted by Gasteiger charge is 2.41. The molecule has 0 bridgehead atoms. The number of halogens is 1. The highest BCUT2D eigenvalue weighted by molar-refractivity contribution is 7.89. The van der Waals surface area contributed by atoms with Crippen molar-refractivity contribution in [2.24, 2.45) is 5.14 Å². The predicted octanol–water partition coefficient (Wildman–Crippen LogP) is 2.53. The molecule has 0 radical (unpaired) electrons. The van der Waals surface area contributed by atoms with Gasteiger partial charge >= 0.3 is 6.09 Å². The Hall–Kier alpha value is -2.79. The second kappa shape index (κ2) is 7.47. The molecule has 2 aliphatic carbocycles. The van der Waals surface area contributed by atoms with Crippen molar-refractivity contribution in [3.8, 4) is 0 Å². The first-order valence-corrected chi connectivity index (χ1v) is 11.1. The van der Waals surface area contributed by atoms with Gasteiger partial charge in [0.2, 0.25) is 16.0 Å². The first-order chi connectivity index (χ1) is 14.1. The predicted molar refractivity (Wildman–Crippen MR) is 106 cm³/mol. The fraction of sp³-hybridized carbons (Fsp3) is 0.421. The number of anilines is 2. The van der Waals surface area contributed by atoms with Crippen molar-refractivity contribution in [2.45, 2.75) is 55.1 Å². The van der Waals surface area contributed by atoms with Crippen LogP contribution in [0.2, 0.25) is 0 Å². The van der Waals surface area contributed by atoms with Crippen molar-refractivity contribution in [3.63, 3.8) is 0 Å². The Labute approximate surface area is 173 Å². The second-order valence-corrected chi connectivity index (χ2v) is 9.59. The zero-order valence-electron chi connectivity index (χ0n) is 16.3. The fourth-order valence-electron chi connectivity index (χ4n) is 3.18. The molecular weight excluding hydrogens is 413 g/mol. The van der Waals surface area contributed by atoms with Crippen LogP contribution in [-0.2, 0) is 14.8 Å². The molecule has 1 aromatic carbocycles. The molecule has 2 aliphatic rings. The van der Waals surface area contributed by atoms with Gasteiger partial charge in [-0.05, 0) is 62.3 Å². The lowest BCUT2D eigenvalue weighted by molar-refractivity contribution is 0.0373. The first-order valence-electron chi connectivity index (χ1n) is 9.51. The summed E-state index contributed by atoms with van der Waals surface area (Å²) in [5.41, 5.74) is 0.831. The van der Waals surface area contributed by atoms with E-state index < -0.39 is 15.8 Å². The van der Waals surface area contributed by atoms with Gasteiger partial charge in [-0.2, -0.15) is 0 Å². The third-order valence-electron chi connectivity index (χ3n) is 5.43. The van der Waals surface area contributed by atoms with Crippen LogP contribution in [0.25, 0.3) is 0 Å². The standard InChI is InChI=1S/C19H22FN5O4S/c1-19(4-5-19)25-18(26)29-13-6-11(7-13)12-9-22-17(23-10-12)24-16-3-2-14(8-15(16)20)30(21,27)28/h2-3,8-11,13H,4-7H2,1H3,(H,25,26)(H2,21,27,28)(H,22,23,24)/t11-,13+. The zero-order valence-corrected chi connectivity index (χ0v) is 17.1. The van der Waals surface area contributed by atoms with E-state index in [1.165, 1.54) is 12.1 Å². The van der Waals surface area contributed by atoms with E-state index >= 15 is 0 Å². The van der Waals surface area contributed by atoms with Gasteiger partial charge in [0.15, 0.2) is 0 Å². The molecule has 0 saturated heterocycles. The van der Waals surface area contributed by atoms with Crippen molar-refractivity contribution in [3.05, 3.63) is 42.0 Å². The van der Waals surface area contributed by atoms with E-state index in [1.54, 1.807) is 12.4 Å². The van der Waals surface area contributed by atoms with Crippen LogP contribution < -0.4 is 15.8 Å². The van der Waals surface area contributed by atoms with Crippen LogP contribution in [0.3, 0.4) is 0 Å². The average molecular weight is 435 g/mol. The number of sulfonamides is 1. The number of rotatable bonds is 6. The molecule has 11 heteroatoms. The first kappa shape index (κ1) is 20.5. The number of primary sulfonamides is 1. The van der Waals surface area contributed by atoms with Crippen LogP contribution in [0.15, 0.2) is 35.5 Å². The second-order valence-electron chi connectivity index (χ2n) is 8.03. The molecule has 4 N–H and O–H groups in total. The van der Waals surface area contributed by atoms with E-state index in [0.29, 0.717) is 12.8 Å². The van der Waals surface area contributed by atoms with Crippen molar-refractivity contribution in [1.82, 2.24) is 15.3 Å². The molecule has 1 aromatic heterocycles. The summed E-state index contributed by atoms with van der Waals surface area (Å²) in [4.78, 5) is 19.9. The largest absolute Gasteiger partial charge is 0.446 e. The maximum Gasteiger partial charge on any atom is 0.407 e. The number of benzene rings is 1. The van der Waals surface area contributed by atoms with Gasteiger partial charge in [0, 0.05) is 17.9 Å². The van der Waals surface area contributed by atoms with E-state index in [1.807, 2.05) is 6.92 Å². The lowest BCUT2D eigenvalue weighted by atomic mass is 9.78. The number of carbonyl (C=O) groups excluding carboxylic acids is 1. The molecule has 1 heterocycles. The van der Waals surface area contributed by atoms with E-state index in [2.05, 4.69) is 20.6 Å². The van der Waals surface area contributed by atoms with Gasteiger partial charge in [0.05, 0.1) is 10.6 Å². The maximum absolute atomic E-state index is 14.1. The van der Waals surface area contributed by atoms with Gasteiger partial charge in [-0.3, -0.25) is 0 Å². The third-order valence-corrected chi connectivity index (χ3v) is 6.34. The van der Waals surface area contributed by atoms with Crippen LogP contribution in [0, 0.1) is 5.82 Å². The van der Waals surface area contributed by atoms with Gasteiger partial charge < -0.3 is 15.4 Å². The minimum Gasteiger partial charge on any atom is -0.446 e. The van der Waals surface area contributed by atoms with Gasteiger partial charge in [-0.1, -0.05) is 0 Å². The zero-order chi connectivity index (χ0) is 21.5. The van der Waals surface area contributed by atoms with Crippen molar-refractivity contribution < 1.29 is 22.3 Å². The Morgan fingerprint density at radius 2 is 1.93 bits per heavy atom. The number of carbonyl (C=O) groups is 1. The summed E-state index contributed by atoms with van der Waals surface area (Å²) in [7, 11) is -3.98. The van der Waals surface area contributed by atoms with Gasteiger partial charge in [0.25, 0.3) is 0 Å². The Bertz CT molecular complexity index is 1070. The molecule has 30 heavy (non-hydrogen) atoms. The van der Waals surface area contributed by atoms with Crippen molar-refractivity contribution in [1.29, 1.82) is 0 Å². The number of hydrogen-bond acceptors (Lipinski definition) is 7. The number of nitrogens with one attached hydrogen (secondary N) is 2. The fourth-order valence-corrected chi connectivity index (χ4v) is 3.71. The summed E-state index contributed by atoms with van der Waals surface area (Å²) in [5, 5.41) is 10.6. The number of alkyl carbamates (subject to hydrolysis) is 1. The van der Waals surface area contributed by atoms with E-state index in [9.17, 15) is 17.6 Å². The van der Waals surface area contributed by atoms with Crippen LogP contribution in [0.4, 0.5) is 20.8 Å². The Morgan fingerprint density at radius 3 is 2.50 bits per heavy atom. The third kappa shape index (κ3) is 4.68. The number of nitrogens with zero attached hydrogens (tertiary/aromatic N) is 2. The summed E-state index contributed by atoms with van der Waals surface area (Å²) >= 11 is 0. The molecule has 2 fully saturated rings. The molecule has 0 spiro atoms. The van der Waals surface area contributed by atoms with Gasteiger partial charge in [0.1, 0.15) is 11.9 Å². The molecule has 0 atom stereocenters. The Morgan fingerprint density at radius 1 is 1.27 bits per heavy atom.